The Kier molecular flexibility index (Phi) is 4.19. The van der Waals surface area contributed by atoms with E-state index in [0.29, 0.717) is 11.7 Å². The molecule has 0 heterocycles. The largest absolute Gasteiger partial charge is 0.394 e. The number of nitrogens with zero attached hydrogens (tertiary/aromatic N) is 1. The van der Waals surface area contributed by atoms with Crippen LogP contribution in [0.1, 0.15) is 30.1 Å². The van der Waals surface area contributed by atoms with Crippen LogP contribution in [0.2, 0.25) is 0 Å². The molecule has 1 aliphatic carbocycles. The van der Waals surface area contributed by atoms with Crippen molar-refractivity contribution in [1.29, 1.82) is 0 Å². The first-order valence-corrected chi connectivity index (χ1v) is 6.48. The summed E-state index contributed by atoms with van der Waals surface area (Å²) in [6, 6.07) is 4.24. The highest BCUT2D eigenvalue weighted by atomic mass is 16.6. The molecule has 0 bridgehead atoms. The second kappa shape index (κ2) is 5.87. The maximum atomic E-state index is 11.9. The topological polar surface area (TPSA) is 104 Å². The third-order valence-electron chi connectivity index (χ3n) is 3.04. The molecule has 7 heteroatoms. The molecule has 20 heavy (non-hydrogen) atoms. The number of aliphatic hydroxyl groups excluding tert-OH is 1. The standard InChI is InChI=1S/C13H17N3O4/c1-8(7-17)14-13(18)9-2-5-11(15-10-3-4-10)12(6-9)16(19)20/h2,5-6,8,10,15,17H,3-4,7H2,1H3,(H,14,18). The van der Waals surface area contributed by atoms with Gasteiger partial charge in [0.25, 0.3) is 11.6 Å². The normalized spacial score (nSPS) is 15.5. The van der Waals surface area contributed by atoms with Crippen molar-refractivity contribution in [2.75, 3.05) is 11.9 Å². The summed E-state index contributed by atoms with van der Waals surface area (Å²) < 4.78 is 0. The van der Waals surface area contributed by atoms with Crippen LogP contribution in [-0.2, 0) is 0 Å². The zero-order chi connectivity index (χ0) is 14.7. The molecule has 1 unspecified atom stereocenters. The molecule has 0 saturated heterocycles. The third-order valence-corrected chi connectivity index (χ3v) is 3.04. The van der Waals surface area contributed by atoms with Gasteiger partial charge in [-0.05, 0) is 31.9 Å². The minimum absolute atomic E-state index is 0.110. The molecule has 7 nitrogen and oxygen atoms in total. The number of nitrogens with one attached hydrogen (secondary N) is 2. The molecular formula is C13H17N3O4. The summed E-state index contributed by atoms with van der Waals surface area (Å²) in [5.74, 6) is -0.437. The van der Waals surface area contributed by atoms with Crippen LogP contribution < -0.4 is 10.6 Å². The summed E-state index contributed by atoms with van der Waals surface area (Å²) in [6.07, 6.45) is 2.01. The molecule has 0 aliphatic heterocycles. The Morgan fingerprint density at radius 3 is 2.80 bits per heavy atom. The van der Waals surface area contributed by atoms with Gasteiger partial charge in [0.1, 0.15) is 5.69 Å². The van der Waals surface area contributed by atoms with Crippen molar-refractivity contribution in [3.63, 3.8) is 0 Å². The van der Waals surface area contributed by atoms with Crippen molar-refractivity contribution in [2.45, 2.75) is 31.8 Å². The molecule has 0 spiro atoms. The van der Waals surface area contributed by atoms with E-state index in [2.05, 4.69) is 10.6 Å². The predicted molar refractivity (Wildman–Crippen MR) is 73.8 cm³/mol. The van der Waals surface area contributed by atoms with Crippen LogP contribution in [0, 0.1) is 10.1 Å². The molecule has 1 aromatic rings. The van der Waals surface area contributed by atoms with Crippen LogP contribution in [-0.4, -0.2) is 34.6 Å². The molecule has 0 aromatic heterocycles. The fourth-order valence-electron chi connectivity index (χ4n) is 1.75. The van der Waals surface area contributed by atoms with E-state index in [1.807, 2.05) is 0 Å². The van der Waals surface area contributed by atoms with Crippen molar-refractivity contribution in [1.82, 2.24) is 5.32 Å². The number of carbonyl (C=O) groups is 1. The Labute approximate surface area is 116 Å². The molecule has 1 aromatic carbocycles. The molecule has 1 amide bonds. The van der Waals surface area contributed by atoms with Gasteiger partial charge < -0.3 is 15.7 Å². The number of hydrogen-bond donors (Lipinski definition) is 3. The number of anilines is 1. The molecule has 1 fully saturated rings. The van der Waals surface area contributed by atoms with Crippen molar-refractivity contribution in [3.8, 4) is 0 Å². The van der Waals surface area contributed by atoms with Gasteiger partial charge in [0.15, 0.2) is 0 Å². The average molecular weight is 279 g/mol. The van der Waals surface area contributed by atoms with E-state index in [4.69, 9.17) is 5.11 Å². The van der Waals surface area contributed by atoms with Gasteiger partial charge in [0.05, 0.1) is 11.5 Å². The first-order valence-electron chi connectivity index (χ1n) is 6.48. The lowest BCUT2D eigenvalue weighted by Crippen LogP contribution is -2.35. The summed E-state index contributed by atoms with van der Waals surface area (Å²) in [5, 5.41) is 25.6. The number of benzene rings is 1. The minimum Gasteiger partial charge on any atom is -0.394 e. The Hall–Kier alpha value is -2.15. The minimum atomic E-state index is -0.503. The highest BCUT2D eigenvalue weighted by Gasteiger charge is 2.25. The fraction of sp³-hybridized carbons (Fsp3) is 0.462. The Morgan fingerprint density at radius 2 is 2.25 bits per heavy atom. The summed E-state index contributed by atoms with van der Waals surface area (Å²) >= 11 is 0. The van der Waals surface area contributed by atoms with Crippen molar-refractivity contribution in [3.05, 3.63) is 33.9 Å². The number of amides is 1. The number of aliphatic hydroxyl groups is 1. The smallest absolute Gasteiger partial charge is 0.293 e. The van der Waals surface area contributed by atoms with Gasteiger partial charge in [-0.3, -0.25) is 14.9 Å². The van der Waals surface area contributed by atoms with E-state index in [-0.39, 0.29) is 17.9 Å². The maximum absolute atomic E-state index is 11.9. The molecular weight excluding hydrogens is 262 g/mol. The Balaban J connectivity index is 2.20. The number of nitro groups is 1. The van der Waals surface area contributed by atoms with Gasteiger partial charge in [-0.2, -0.15) is 0 Å². The first kappa shape index (κ1) is 14.3. The van der Waals surface area contributed by atoms with Gasteiger partial charge >= 0.3 is 0 Å². The van der Waals surface area contributed by atoms with E-state index in [1.54, 1.807) is 13.0 Å². The monoisotopic (exact) mass is 279 g/mol. The van der Waals surface area contributed by atoms with Crippen LogP contribution >= 0.6 is 0 Å². The number of carbonyl (C=O) groups excluding carboxylic acids is 1. The lowest BCUT2D eigenvalue weighted by molar-refractivity contribution is -0.384. The predicted octanol–water partition coefficient (Wildman–Crippen LogP) is 1.28. The molecule has 1 saturated carbocycles. The lowest BCUT2D eigenvalue weighted by atomic mass is 10.1. The Morgan fingerprint density at radius 1 is 1.55 bits per heavy atom. The second-order valence-corrected chi connectivity index (χ2v) is 4.96. The van der Waals surface area contributed by atoms with Crippen molar-refractivity contribution >= 4 is 17.3 Å². The molecule has 0 radical (unpaired) electrons. The summed E-state index contributed by atoms with van der Waals surface area (Å²) in [5.41, 5.74) is 0.531. The fourth-order valence-corrected chi connectivity index (χ4v) is 1.75. The number of rotatable bonds is 6. The Bertz CT molecular complexity index is 528. The molecule has 1 atom stereocenters. The van der Waals surface area contributed by atoms with Crippen LogP contribution in [0.25, 0.3) is 0 Å². The maximum Gasteiger partial charge on any atom is 0.293 e. The van der Waals surface area contributed by atoms with Crippen LogP contribution in [0.4, 0.5) is 11.4 Å². The summed E-state index contributed by atoms with van der Waals surface area (Å²) in [7, 11) is 0. The van der Waals surface area contributed by atoms with E-state index in [1.165, 1.54) is 12.1 Å². The molecule has 2 rings (SSSR count). The van der Waals surface area contributed by atoms with Crippen LogP contribution in [0.5, 0.6) is 0 Å². The zero-order valence-corrected chi connectivity index (χ0v) is 11.1. The highest BCUT2D eigenvalue weighted by Crippen LogP contribution is 2.31. The first-order chi connectivity index (χ1) is 9.51. The van der Waals surface area contributed by atoms with Crippen LogP contribution in [0.3, 0.4) is 0 Å². The number of hydrogen-bond acceptors (Lipinski definition) is 5. The highest BCUT2D eigenvalue weighted by molar-refractivity contribution is 5.95. The van der Waals surface area contributed by atoms with E-state index < -0.39 is 16.9 Å². The van der Waals surface area contributed by atoms with Gasteiger partial charge in [-0.15, -0.1) is 0 Å². The summed E-state index contributed by atoms with van der Waals surface area (Å²) in [4.78, 5) is 22.4. The van der Waals surface area contributed by atoms with Gasteiger partial charge in [-0.25, -0.2) is 0 Å². The van der Waals surface area contributed by atoms with Crippen LogP contribution in [0.15, 0.2) is 18.2 Å². The third kappa shape index (κ3) is 3.45. The number of nitro benzene ring substituents is 1. The summed E-state index contributed by atoms with van der Waals surface area (Å²) in [6.45, 7) is 1.46. The van der Waals surface area contributed by atoms with Gasteiger partial charge in [0.2, 0.25) is 0 Å². The molecule has 1 aliphatic rings. The van der Waals surface area contributed by atoms with E-state index in [9.17, 15) is 14.9 Å². The van der Waals surface area contributed by atoms with Gasteiger partial charge in [-0.1, -0.05) is 0 Å². The quantitative estimate of drug-likeness (QED) is 0.537. The van der Waals surface area contributed by atoms with Gasteiger partial charge in [0, 0.05) is 23.7 Å². The van der Waals surface area contributed by atoms with Crippen molar-refractivity contribution < 1.29 is 14.8 Å². The van der Waals surface area contributed by atoms with E-state index in [0.717, 1.165) is 12.8 Å². The average Bonchev–Trinajstić information content (AvgIpc) is 3.22. The lowest BCUT2D eigenvalue weighted by Gasteiger charge is -2.11. The molecule has 108 valence electrons. The second-order valence-electron chi connectivity index (χ2n) is 4.96. The van der Waals surface area contributed by atoms with E-state index >= 15 is 0 Å². The SMILES string of the molecule is CC(CO)NC(=O)c1ccc(NC2CC2)c([N+](=O)[O-])c1. The molecule has 3 N–H and O–H groups in total. The zero-order valence-electron chi connectivity index (χ0n) is 11.1. The van der Waals surface area contributed by atoms with Crippen molar-refractivity contribution in [2.24, 2.45) is 0 Å².